The molecule has 0 saturated heterocycles. The summed E-state index contributed by atoms with van der Waals surface area (Å²) in [5.41, 5.74) is 6.94. The molecule has 0 fully saturated rings. The van der Waals surface area contributed by atoms with Crippen molar-refractivity contribution in [2.45, 2.75) is 13.3 Å². The highest BCUT2D eigenvalue weighted by Crippen LogP contribution is 2.31. The fourth-order valence-electron chi connectivity index (χ4n) is 3.94. The van der Waals surface area contributed by atoms with Crippen LogP contribution in [-0.2, 0) is 4.79 Å². The van der Waals surface area contributed by atoms with Crippen molar-refractivity contribution in [1.29, 1.82) is 0 Å². The third-order valence-corrected chi connectivity index (χ3v) is 5.69. The Labute approximate surface area is 198 Å². The zero-order valence-corrected chi connectivity index (χ0v) is 18.6. The van der Waals surface area contributed by atoms with Crippen LogP contribution in [0.4, 0.5) is 5.69 Å². The molecule has 0 aliphatic heterocycles. The molecule has 6 rings (SSSR count). The number of rotatable bonds is 5. The Bertz CT molecular complexity index is 1690. The summed E-state index contributed by atoms with van der Waals surface area (Å²) in [6.45, 7) is 1.80. The molecule has 6 aromatic rings. The second-order valence-corrected chi connectivity index (χ2v) is 7.93. The highest BCUT2D eigenvalue weighted by molar-refractivity contribution is 5.96. The predicted molar refractivity (Wildman–Crippen MR) is 132 cm³/mol. The number of carbonyl (C=O) groups is 1. The maximum absolute atomic E-state index is 11.8. The molecule has 0 spiro atoms. The number of fused-ring (bicyclic) bond motifs is 2. The van der Waals surface area contributed by atoms with Gasteiger partial charge in [-0.2, -0.15) is 5.10 Å². The van der Waals surface area contributed by atoms with E-state index in [2.05, 4.69) is 40.4 Å². The summed E-state index contributed by atoms with van der Waals surface area (Å²) in [6, 6.07) is 9.66. The average molecular weight is 461 g/mol. The number of imidazole rings is 1. The summed E-state index contributed by atoms with van der Waals surface area (Å²) < 4.78 is 0. The van der Waals surface area contributed by atoms with Gasteiger partial charge in [-0.05, 0) is 35.9 Å². The molecule has 0 aromatic carbocycles. The fourth-order valence-corrected chi connectivity index (χ4v) is 3.94. The molecule has 0 saturated carbocycles. The van der Waals surface area contributed by atoms with Gasteiger partial charge in [-0.15, -0.1) is 0 Å². The highest BCUT2D eigenvalue weighted by Gasteiger charge is 2.17. The number of H-pyrrole nitrogens is 2. The number of hydrogen-bond acceptors (Lipinski definition) is 7. The number of amides is 1. The topological polar surface area (TPSA) is 138 Å². The number of aromatic nitrogens is 8. The summed E-state index contributed by atoms with van der Waals surface area (Å²) in [4.78, 5) is 37.2. The number of pyridine rings is 4. The molecule has 6 heterocycles. The first kappa shape index (κ1) is 20.6. The number of nitrogens with zero attached hydrogens (tertiary/aromatic N) is 6. The monoisotopic (exact) mass is 461 g/mol. The number of aromatic amines is 2. The zero-order valence-electron chi connectivity index (χ0n) is 18.6. The maximum Gasteiger partial charge on any atom is 0.224 e. The van der Waals surface area contributed by atoms with Crippen LogP contribution in [0.25, 0.3) is 56.0 Å². The Hall–Kier alpha value is -4.99. The first-order valence-corrected chi connectivity index (χ1v) is 11.0. The molecular weight excluding hydrogens is 442 g/mol. The van der Waals surface area contributed by atoms with Gasteiger partial charge >= 0.3 is 0 Å². The lowest BCUT2D eigenvalue weighted by atomic mass is 10.1. The van der Waals surface area contributed by atoms with E-state index < -0.39 is 0 Å². The summed E-state index contributed by atoms with van der Waals surface area (Å²) in [5.74, 6) is 0.514. The Balaban J connectivity index is 1.43. The third kappa shape index (κ3) is 3.76. The quantitative estimate of drug-likeness (QED) is 0.346. The van der Waals surface area contributed by atoms with Crippen LogP contribution in [0, 0.1) is 0 Å². The average Bonchev–Trinajstić information content (AvgIpc) is 3.53. The molecule has 1 amide bonds. The Kier molecular flexibility index (Phi) is 4.95. The Morgan fingerprint density at radius 2 is 1.77 bits per heavy atom. The van der Waals surface area contributed by atoms with E-state index in [1.807, 2.05) is 30.3 Å². The van der Waals surface area contributed by atoms with Crippen LogP contribution in [0.1, 0.15) is 13.3 Å². The molecule has 0 aliphatic carbocycles. The highest BCUT2D eigenvalue weighted by atomic mass is 16.1. The molecule has 0 bridgehead atoms. The number of hydrogen-bond donors (Lipinski definition) is 3. The van der Waals surface area contributed by atoms with Gasteiger partial charge in [0.25, 0.3) is 0 Å². The normalized spacial score (nSPS) is 11.2. The van der Waals surface area contributed by atoms with E-state index in [0.717, 1.165) is 33.2 Å². The Morgan fingerprint density at radius 3 is 2.63 bits per heavy atom. The van der Waals surface area contributed by atoms with Gasteiger partial charge in [0, 0.05) is 54.1 Å². The summed E-state index contributed by atoms with van der Waals surface area (Å²) in [5, 5.41) is 11.1. The van der Waals surface area contributed by atoms with Crippen molar-refractivity contribution in [3.05, 3.63) is 67.5 Å². The molecule has 0 unspecified atom stereocenters. The van der Waals surface area contributed by atoms with Crippen LogP contribution in [0.3, 0.4) is 0 Å². The second-order valence-electron chi connectivity index (χ2n) is 7.93. The van der Waals surface area contributed by atoms with E-state index >= 15 is 0 Å². The molecule has 0 radical (unpaired) electrons. The standard InChI is InChI=1S/C25H19N9O/c1-2-20(35)30-17-9-15(11-27-13-17)16-10-19-22(33-34-23(19)29-12-16)25-31-21-18(5-8-28-24(21)32-25)14-3-6-26-7-4-14/h3-13H,2H2,1H3,(H,30,35)(H,28,31,32)(H,29,33,34). The summed E-state index contributed by atoms with van der Waals surface area (Å²) >= 11 is 0. The minimum atomic E-state index is -0.0701. The lowest BCUT2D eigenvalue weighted by Crippen LogP contribution is -2.09. The molecular formula is C25H19N9O. The largest absolute Gasteiger partial charge is 0.325 e. The van der Waals surface area contributed by atoms with Gasteiger partial charge in [-0.25, -0.2) is 15.0 Å². The van der Waals surface area contributed by atoms with Gasteiger partial charge < -0.3 is 10.3 Å². The molecule has 0 aliphatic rings. The first-order chi connectivity index (χ1) is 17.2. The van der Waals surface area contributed by atoms with Crippen LogP contribution in [-0.4, -0.2) is 46.0 Å². The van der Waals surface area contributed by atoms with Crippen LogP contribution >= 0.6 is 0 Å². The molecule has 0 atom stereocenters. The van der Waals surface area contributed by atoms with Gasteiger partial charge in [-0.3, -0.25) is 19.9 Å². The van der Waals surface area contributed by atoms with Crippen molar-refractivity contribution in [2.24, 2.45) is 0 Å². The van der Waals surface area contributed by atoms with Crippen molar-refractivity contribution >= 4 is 33.8 Å². The zero-order chi connectivity index (χ0) is 23.8. The fraction of sp³-hybridized carbons (Fsp3) is 0.0800. The third-order valence-electron chi connectivity index (χ3n) is 5.69. The second kappa shape index (κ2) is 8.41. The van der Waals surface area contributed by atoms with Crippen LogP contribution in [0.5, 0.6) is 0 Å². The lowest BCUT2D eigenvalue weighted by molar-refractivity contribution is -0.115. The molecule has 6 aromatic heterocycles. The van der Waals surface area contributed by atoms with E-state index in [1.165, 1.54) is 0 Å². The van der Waals surface area contributed by atoms with Crippen LogP contribution < -0.4 is 5.32 Å². The van der Waals surface area contributed by atoms with Crippen molar-refractivity contribution in [3.8, 4) is 33.8 Å². The van der Waals surface area contributed by atoms with E-state index in [9.17, 15) is 4.79 Å². The van der Waals surface area contributed by atoms with E-state index in [-0.39, 0.29) is 5.91 Å². The van der Waals surface area contributed by atoms with Gasteiger partial charge in [0.15, 0.2) is 17.1 Å². The van der Waals surface area contributed by atoms with Gasteiger partial charge in [-0.1, -0.05) is 6.92 Å². The minimum Gasteiger partial charge on any atom is -0.325 e. The smallest absolute Gasteiger partial charge is 0.224 e. The first-order valence-electron chi connectivity index (χ1n) is 11.0. The van der Waals surface area contributed by atoms with Crippen molar-refractivity contribution in [3.63, 3.8) is 0 Å². The SMILES string of the molecule is CCC(=O)Nc1cncc(-c2cnc3[nH]nc(-c4nc5c(-c6ccncc6)ccnc5[nH]4)c3c2)c1. The predicted octanol–water partition coefficient (Wildman–Crippen LogP) is 4.37. The van der Waals surface area contributed by atoms with Gasteiger partial charge in [0.05, 0.1) is 17.3 Å². The minimum absolute atomic E-state index is 0.0701. The van der Waals surface area contributed by atoms with Crippen molar-refractivity contribution < 1.29 is 4.79 Å². The van der Waals surface area contributed by atoms with Crippen molar-refractivity contribution in [2.75, 3.05) is 5.32 Å². The van der Waals surface area contributed by atoms with Gasteiger partial charge in [0.2, 0.25) is 5.91 Å². The van der Waals surface area contributed by atoms with Crippen LogP contribution in [0.15, 0.2) is 67.5 Å². The number of carbonyl (C=O) groups excluding carboxylic acids is 1. The molecule has 170 valence electrons. The van der Waals surface area contributed by atoms with E-state index in [1.54, 1.807) is 44.1 Å². The molecule has 10 heteroatoms. The van der Waals surface area contributed by atoms with E-state index in [4.69, 9.17) is 4.98 Å². The number of nitrogens with one attached hydrogen (secondary N) is 3. The van der Waals surface area contributed by atoms with E-state index in [0.29, 0.717) is 34.9 Å². The summed E-state index contributed by atoms with van der Waals surface area (Å²) in [6.07, 6.45) is 10.7. The molecule has 35 heavy (non-hydrogen) atoms. The summed E-state index contributed by atoms with van der Waals surface area (Å²) in [7, 11) is 0. The van der Waals surface area contributed by atoms with Gasteiger partial charge in [0.1, 0.15) is 11.2 Å². The van der Waals surface area contributed by atoms with Crippen LogP contribution in [0.2, 0.25) is 0 Å². The van der Waals surface area contributed by atoms with Crippen molar-refractivity contribution in [1.82, 2.24) is 40.1 Å². The maximum atomic E-state index is 11.8. The number of anilines is 1. The Morgan fingerprint density at radius 1 is 0.914 bits per heavy atom. The lowest BCUT2D eigenvalue weighted by Gasteiger charge is -2.06. The molecule has 3 N–H and O–H groups in total. The molecule has 10 nitrogen and oxygen atoms in total.